The minimum Gasteiger partial charge on any atom is -0.321 e. The van der Waals surface area contributed by atoms with Gasteiger partial charge in [-0.2, -0.15) is 0 Å². The van der Waals surface area contributed by atoms with E-state index in [2.05, 4.69) is 20.8 Å². The van der Waals surface area contributed by atoms with E-state index in [4.69, 9.17) is 5.73 Å². The molecule has 0 radical (unpaired) electrons. The Balaban J connectivity index is 2.44. The zero-order valence-electron chi connectivity index (χ0n) is 11.0. The Bertz CT molecular complexity index is 219. The van der Waals surface area contributed by atoms with E-state index in [1.165, 1.54) is 19.3 Å². The Morgan fingerprint density at radius 2 is 1.81 bits per heavy atom. The molecule has 2 atom stereocenters. The van der Waals surface area contributed by atoms with Crippen molar-refractivity contribution in [3.05, 3.63) is 0 Å². The molecule has 0 aromatic heterocycles. The normalized spacial score (nSPS) is 29.8. The summed E-state index contributed by atoms with van der Waals surface area (Å²) in [5.74, 6) is 1.76. The van der Waals surface area contributed by atoms with Crippen LogP contribution in [0.25, 0.3) is 0 Å². The Morgan fingerprint density at radius 3 is 2.25 bits per heavy atom. The van der Waals surface area contributed by atoms with Gasteiger partial charge in [-0.1, -0.05) is 33.6 Å². The number of ketones is 1. The van der Waals surface area contributed by atoms with Crippen LogP contribution in [0, 0.1) is 17.8 Å². The second-order valence-electron chi connectivity index (χ2n) is 5.44. The van der Waals surface area contributed by atoms with Crippen molar-refractivity contribution >= 4 is 5.78 Å². The number of rotatable bonds is 5. The zero-order valence-corrected chi connectivity index (χ0v) is 11.0. The van der Waals surface area contributed by atoms with E-state index >= 15 is 0 Å². The molecule has 1 fully saturated rings. The Labute approximate surface area is 100.0 Å². The Hall–Kier alpha value is -0.370. The average molecular weight is 225 g/mol. The van der Waals surface area contributed by atoms with Gasteiger partial charge in [0.1, 0.15) is 0 Å². The molecule has 0 saturated heterocycles. The third-order valence-corrected chi connectivity index (χ3v) is 4.41. The summed E-state index contributed by atoms with van der Waals surface area (Å²) in [6, 6.07) is -0.229. The molecule has 0 aromatic rings. The Kier molecular flexibility index (Phi) is 5.47. The lowest BCUT2D eigenvalue weighted by molar-refractivity contribution is -0.126. The quantitative estimate of drug-likeness (QED) is 0.781. The predicted octanol–water partition coefficient (Wildman–Crippen LogP) is 3.15. The van der Waals surface area contributed by atoms with E-state index < -0.39 is 0 Å². The van der Waals surface area contributed by atoms with Crippen LogP contribution in [0.15, 0.2) is 0 Å². The third-order valence-electron chi connectivity index (χ3n) is 4.41. The molecule has 94 valence electrons. The molecule has 1 aliphatic carbocycles. The molecule has 1 rings (SSSR count). The van der Waals surface area contributed by atoms with Crippen molar-refractivity contribution in [3.63, 3.8) is 0 Å². The van der Waals surface area contributed by atoms with Crippen LogP contribution < -0.4 is 5.73 Å². The number of hydrogen-bond donors (Lipinski definition) is 1. The van der Waals surface area contributed by atoms with Crippen LogP contribution in [0.5, 0.6) is 0 Å². The van der Waals surface area contributed by atoms with Gasteiger partial charge in [0.15, 0.2) is 5.78 Å². The highest BCUT2D eigenvalue weighted by Gasteiger charge is 2.30. The maximum absolute atomic E-state index is 12.2. The van der Waals surface area contributed by atoms with Gasteiger partial charge < -0.3 is 5.73 Å². The van der Waals surface area contributed by atoms with E-state index in [1.807, 2.05) is 0 Å². The second kappa shape index (κ2) is 6.39. The van der Waals surface area contributed by atoms with Crippen LogP contribution in [-0.4, -0.2) is 11.8 Å². The summed E-state index contributed by atoms with van der Waals surface area (Å²) in [7, 11) is 0. The first-order chi connectivity index (χ1) is 7.60. The molecule has 2 N–H and O–H groups in total. The number of carbonyl (C=O) groups is 1. The van der Waals surface area contributed by atoms with E-state index in [0.29, 0.717) is 11.7 Å². The van der Waals surface area contributed by atoms with Crippen LogP contribution in [0.3, 0.4) is 0 Å². The van der Waals surface area contributed by atoms with E-state index in [-0.39, 0.29) is 12.0 Å². The van der Waals surface area contributed by atoms with E-state index in [1.54, 1.807) is 0 Å². The molecule has 1 saturated carbocycles. The van der Waals surface area contributed by atoms with Gasteiger partial charge in [0, 0.05) is 5.92 Å². The number of nitrogens with two attached hydrogens (primary N) is 1. The van der Waals surface area contributed by atoms with Gasteiger partial charge in [0.05, 0.1) is 6.04 Å². The smallest absolute Gasteiger partial charge is 0.152 e. The van der Waals surface area contributed by atoms with Gasteiger partial charge in [-0.15, -0.1) is 0 Å². The van der Waals surface area contributed by atoms with Crippen molar-refractivity contribution < 1.29 is 4.79 Å². The van der Waals surface area contributed by atoms with Crippen molar-refractivity contribution in [2.75, 3.05) is 0 Å². The summed E-state index contributed by atoms with van der Waals surface area (Å²) in [6.45, 7) is 6.43. The molecule has 0 amide bonds. The van der Waals surface area contributed by atoms with Crippen molar-refractivity contribution in [3.8, 4) is 0 Å². The standard InChI is InChI=1S/C14H27NO/c1-4-10(3)13(15)14(16)12-8-6-11(5-2)7-9-12/h10-13H,4-9,15H2,1-3H3. The fourth-order valence-electron chi connectivity index (χ4n) is 2.66. The van der Waals surface area contributed by atoms with Gasteiger partial charge in [0.2, 0.25) is 0 Å². The zero-order chi connectivity index (χ0) is 12.1. The van der Waals surface area contributed by atoms with Crippen LogP contribution in [-0.2, 0) is 4.79 Å². The first-order valence-corrected chi connectivity index (χ1v) is 6.89. The molecule has 0 heterocycles. The Morgan fingerprint density at radius 1 is 1.25 bits per heavy atom. The molecular weight excluding hydrogens is 198 g/mol. The van der Waals surface area contributed by atoms with Crippen molar-refractivity contribution in [1.82, 2.24) is 0 Å². The predicted molar refractivity (Wildman–Crippen MR) is 68.2 cm³/mol. The third kappa shape index (κ3) is 3.31. The first kappa shape index (κ1) is 13.7. The molecule has 1 aliphatic rings. The van der Waals surface area contributed by atoms with E-state index in [0.717, 1.165) is 25.2 Å². The fraction of sp³-hybridized carbons (Fsp3) is 0.929. The minimum absolute atomic E-state index is 0.229. The summed E-state index contributed by atoms with van der Waals surface area (Å²) in [6.07, 6.45) is 6.85. The molecule has 2 heteroatoms. The SMILES string of the molecule is CCC1CCC(C(=O)C(N)C(C)CC)CC1. The van der Waals surface area contributed by atoms with Crippen molar-refractivity contribution in [2.45, 2.75) is 65.3 Å². The molecule has 2 unspecified atom stereocenters. The van der Waals surface area contributed by atoms with Crippen LogP contribution in [0.2, 0.25) is 0 Å². The van der Waals surface area contributed by atoms with Crippen LogP contribution in [0.1, 0.15) is 59.3 Å². The molecular formula is C14H27NO. The topological polar surface area (TPSA) is 43.1 Å². The van der Waals surface area contributed by atoms with E-state index in [9.17, 15) is 4.79 Å². The molecule has 16 heavy (non-hydrogen) atoms. The molecule has 2 nitrogen and oxygen atoms in total. The lowest BCUT2D eigenvalue weighted by atomic mass is 9.76. The molecule has 0 aliphatic heterocycles. The molecule has 0 spiro atoms. The van der Waals surface area contributed by atoms with Crippen LogP contribution >= 0.6 is 0 Å². The molecule has 0 bridgehead atoms. The summed E-state index contributed by atoms with van der Waals surface area (Å²) < 4.78 is 0. The maximum atomic E-state index is 12.2. The number of carbonyl (C=O) groups excluding carboxylic acids is 1. The van der Waals surface area contributed by atoms with Gasteiger partial charge >= 0.3 is 0 Å². The summed E-state index contributed by atoms with van der Waals surface area (Å²) in [5.41, 5.74) is 6.02. The fourth-order valence-corrected chi connectivity index (χ4v) is 2.66. The van der Waals surface area contributed by atoms with Crippen molar-refractivity contribution in [2.24, 2.45) is 23.5 Å². The van der Waals surface area contributed by atoms with Crippen molar-refractivity contribution in [1.29, 1.82) is 0 Å². The summed E-state index contributed by atoms with van der Waals surface area (Å²) in [5, 5.41) is 0. The number of Topliss-reactive ketones (excluding diaryl/α,β-unsaturated/α-hetero) is 1. The average Bonchev–Trinajstić information content (AvgIpc) is 2.36. The highest BCUT2D eigenvalue weighted by molar-refractivity contribution is 5.86. The first-order valence-electron chi connectivity index (χ1n) is 6.89. The van der Waals surface area contributed by atoms with Gasteiger partial charge in [-0.3, -0.25) is 4.79 Å². The lowest BCUT2D eigenvalue weighted by Gasteiger charge is -2.29. The monoisotopic (exact) mass is 225 g/mol. The minimum atomic E-state index is -0.229. The summed E-state index contributed by atoms with van der Waals surface area (Å²) in [4.78, 5) is 12.2. The lowest BCUT2D eigenvalue weighted by Crippen LogP contribution is -2.41. The largest absolute Gasteiger partial charge is 0.321 e. The maximum Gasteiger partial charge on any atom is 0.152 e. The van der Waals surface area contributed by atoms with Crippen LogP contribution in [0.4, 0.5) is 0 Å². The molecule has 0 aromatic carbocycles. The summed E-state index contributed by atoms with van der Waals surface area (Å²) >= 11 is 0. The highest BCUT2D eigenvalue weighted by Crippen LogP contribution is 2.32. The van der Waals surface area contributed by atoms with Gasteiger partial charge in [-0.25, -0.2) is 0 Å². The van der Waals surface area contributed by atoms with Gasteiger partial charge in [-0.05, 0) is 37.5 Å². The number of hydrogen-bond acceptors (Lipinski definition) is 2. The highest BCUT2D eigenvalue weighted by atomic mass is 16.1. The second-order valence-corrected chi connectivity index (χ2v) is 5.44. The van der Waals surface area contributed by atoms with Gasteiger partial charge in [0.25, 0.3) is 0 Å².